The van der Waals surface area contributed by atoms with Crippen LogP contribution >= 0.6 is 15.9 Å². The molecule has 2 N–H and O–H groups in total. The molecule has 0 saturated carbocycles. The Hall–Kier alpha value is -0.540. The zero-order valence-electron chi connectivity index (χ0n) is 8.42. The first-order chi connectivity index (χ1) is 6.77. The molecule has 0 aliphatic carbocycles. The first kappa shape index (κ1) is 11.5. The Bertz CT molecular complexity index is 289. The molecule has 0 aliphatic heterocycles. The number of benzene rings is 1. The van der Waals surface area contributed by atoms with Crippen LogP contribution in [-0.2, 0) is 6.42 Å². The number of halogens is 1. The molecule has 0 atom stereocenters. The van der Waals surface area contributed by atoms with Gasteiger partial charge in [0.05, 0.1) is 7.11 Å². The van der Waals surface area contributed by atoms with Crippen LogP contribution in [0, 0.1) is 0 Å². The fourth-order valence-electron chi connectivity index (χ4n) is 1.32. The van der Waals surface area contributed by atoms with E-state index in [1.54, 1.807) is 7.11 Å². The van der Waals surface area contributed by atoms with Gasteiger partial charge in [0.1, 0.15) is 5.75 Å². The van der Waals surface area contributed by atoms with E-state index in [4.69, 9.17) is 10.5 Å². The topological polar surface area (TPSA) is 35.2 Å². The minimum Gasteiger partial charge on any atom is -0.497 e. The summed E-state index contributed by atoms with van der Waals surface area (Å²) in [6.45, 7) is 0.772. The maximum atomic E-state index is 5.44. The van der Waals surface area contributed by atoms with Gasteiger partial charge in [-0.25, -0.2) is 0 Å². The Morgan fingerprint density at radius 2 is 2.14 bits per heavy atom. The molecule has 0 amide bonds. The molecule has 1 aromatic rings. The molecule has 0 unspecified atom stereocenters. The van der Waals surface area contributed by atoms with Gasteiger partial charge < -0.3 is 10.5 Å². The van der Waals surface area contributed by atoms with Crippen LogP contribution in [0.1, 0.15) is 18.4 Å². The zero-order chi connectivity index (χ0) is 10.4. The summed E-state index contributed by atoms with van der Waals surface area (Å²) < 4.78 is 6.24. The van der Waals surface area contributed by atoms with Crippen LogP contribution in [0.3, 0.4) is 0 Å². The smallest absolute Gasteiger partial charge is 0.120 e. The summed E-state index contributed by atoms with van der Waals surface area (Å²) in [6, 6.07) is 6.08. The minimum absolute atomic E-state index is 0.772. The highest BCUT2D eigenvalue weighted by molar-refractivity contribution is 9.10. The molecule has 1 rings (SSSR count). The van der Waals surface area contributed by atoms with E-state index < -0.39 is 0 Å². The Morgan fingerprint density at radius 3 is 2.71 bits per heavy atom. The third-order valence-electron chi connectivity index (χ3n) is 2.16. The maximum Gasteiger partial charge on any atom is 0.120 e. The molecule has 1 aromatic carbocycles. The highest BCUT2D eigenvalue weighted by Crippen LogP contribution is 2.24. The quantitative estimate of drug-likeness (QED) is 0.824. The number of hydrogen-bond acceptors (Lipinski definition) is 2. The largest absolute Gasteiger partial charge is 0.497 e. The van der Waals surface area contributed by atoms with Gasteiger partial charge >= 0.3 is 0 Å². The van der Waals surface area contributed by atoms with Crippen LogP contribution < -0.4 is 10.5 Å². The summed E-state index contributed by atoms with van der Waals surface area (Å²) in [5.41, 5.74) is 6.76. The SMILES string of the molecule is COc1ccc(CCCCN)c(Br)c1. The van der Waals surface area contributed by atoms with Crippen LogP contribution in [0.5, 0.6) is 5.75 Å². The van der Waals surface area contributed by atoms with Gasteiger partial charge in [-0.2, -0.15) is 0 Å². The summed E-state index contributed by atoms with van der Waals surface area (Å²) in [5, 5.41) is 0. The third kappa shape index (κ3) is 3.31. The number of aryl methyl sites for hydroxylation is 1. The lowest BCUT2D eigenvalue weighted by Crippen LogP contribution is -1.99. The van der Waals surface area contributed by atoms with E-state index in [1.807, 2.05) is 12.1 Å². The molecular formula is C11H16BrNO. The van der Waals surface area contributed by atoms with Crippen molar-refractivity contribution < 1.29 is 4.74 Å². The number of nitrogens with two attached hydrogens (primary N) is 1. The fourth-order valence-corrected chi connectivity index (χ4v) is 1.87. The van der Waals surface area contributed by atoms with Crippen molar-refractivity contribution in [1.82, 2.24) is 0 Å². The van der Waals surface area contributed by atoms with Crippen molar-refractivity contribution in [2.45, 2.75) is 19.3 Å². The number of methoxy groups -OCH3 is 1. The summed E-state index contributed by atoms with van der Waals surface area (Å²) in [4.78, 5) is 0. The van der Waals surface area contributed by atoms with Crippen molar-refractivity contribution in [2.75, 3.05) is 13.7 Å². The van der Waals surface area contributed by atoms with Gasteiger partial charge in [-0.15, -0.1) is 0 Å². The van der Waals surface area contributed by atoms with E-state index in [0.29, 0.717) is 0 Å². The number of unbranched alkanes of at least 4 members (excludes halogenated alkanes) is 1. The monoisotopic (exact) mass is 257 g/mol. The Balaban J connectivity index is 2.59. The van der Waals surface area contributed by atoms with Gasteiger partial charge in [-0.05, 0) is 43.5 Å². The second-order valence-electron chi connectivity index (χ2n) is 3.20. The van der Waals surface area contributed by atoms with Crippen molar-refractivity contribution >= 4 is 15.9 Å². The van der Waals surface area contributed by atoms with E-state index in [1.165, 1.54) is 5.56 Å². The second kappa shape index (κ2) is 6.04. The number of ether oxygens (including phenoxy) is 1. The average Bonchev–Trinajstić information content (AvgIpc) is 2.20. The Morgan fingerprint density at radius 1 is 1.36 bits per heavy atom. The number of rotatable bonds is 5. The first-order valence-corrected chi connectivity index (χ1v) is 5.59. The molecule has 78 valence electrons. The summed E-state index contributed by atoms with van der Waals surface area (Å²) >= 11 is 3.53. The standard InChI is InChI=1S/C11H16BrNO/c1-14-10-6-5-9(11(12)8-10)4-2-3-7-13/h5-6,8H,2-4,7,13H2,1H3. The van der Waals surface area contributed by atoms with E-state index in [2.05, 4.69) is 22.0 Å². The van der Waals surface area contributed by atoms with Gasteiger partial charge in [0, 0.05) is 4.47 Å². The summed E-state index contributed by atoms with van der Waals surface area (Å²) in [7, 11) is 1.68. The van der Waals surface area contributed by atoms with Crippen LogP contribution in [0.2, 0.25) is 0 Å². The molecule has 0 heterocycles. The highest BCUT2D eigenvalue weighted by atomic mass is 79.9. The van der Waals surface area contributed by atoms with E-state index >= 15 is 0 Å². The van der Waals surface area contributed by atoms with Crippen molar-refractivity contribution in [3.63, 3.8) is 0 Å². The summed E-state index contributed by atoms with van der Waals surface area (Å²) in [5.74, 6) is 0.888. The van der Waals surface area contributed by atoms with Crippen molar-refractivity contribution in [3.8, 4) is 5.75 Å². The lowest BCUT2D eigenvalue weighted by atomic mass is 10.1. The predicted octanol–water partition coefficient (Wildman–Crippen LogP) is 2.74. The van der Waals surface area contributed by atoms with Crippen LogP contribution in [0.15, 0.2) is 22.7 Å². The molecule has 3 heteroatoms. The second-order valence-corrected chi connectivity index (χ2v) is 4.06. The van der Waals surface area contributed by atoms with Gasteiger partial charge in [-0.3, -0.25) is 0 Å². The fraction of sp³-hybridized carbons (Fsp3) is 0.455. The molecule has 0 spiro atoms. The van der Waals surface area contributed by atoms with Crippen molar-refractivity contribution in [1.29, 1.82) is 0 Å². The Labute approximate surface area is 93.6 Å². The number of hydrogen-bond donors (Lipinski definition) is 1. The van der Waals surface area contributed by atoms with Gasteiger partial charge in [-0.1, -0.05) is 22.0 Å². The van der Waals surface area contributed by atoms with Crippen molar-refractivity contribution in [2.24, 2.45) is 5.73 Å². The molecule has 0 aliphatic rings. The highest BCUT2D eigenvalue weighted by Gasteiger charge is 2.01. The summed E-state index contributed by atoms with van der Waals surface area (Å²) in [6.07, 6.45) is 3.29. The molecule has 0 aromatic heterocycles. The van der Waals surface area contributed by atoms with Crippen LogP contribution in [0.4, 0.5) is 0 Å². The zero-order valence-corrected chi connectivity index (χ0v) is 10.0. The molecular weight excluding hydrogens is 242 g/mol. The maximum absolute atomic E-state index is 5.44. The van der Waals surface area contributed by atoms with E-state index in [0.717, 1.165) is 36.0 Å². The lowest BCUT2D eigenvalue weighted by Gasteiger charge is -2.06. The van der Waals surface area contributed by atoms with Gasteiger partial charge in [0.2, 0.25) is 0 Å². The molecule has 0 bridgehead atoms. The molecule has 0 fully saturated rings. The van der Waals surface area contributed by atoms with Gasteiger partial charge in [0.15, 0.2) is 0 Å². The predicted molar refractivity (Wildman–Crippen MR) is 62.7 cm³/mol. The normalized spacial score (nSPS) is 10.2. The first-order valence-electron chi connectivity index (χ1n) is 4.80. The van der Waals surface area contributed by atoms with Gasteiger partial charge in [0.25, 0.3) is 0 Å². The van der Waals surface area contributed by atoms with Crippen LogP contribution in [-0.4, -0.2) is 13.7 Å². The minimum atomic E-state index is 0.772. The molecule has 0 radical (unpaired) electrons. The Kier molecular flexibility index (Phi) is 4.98. The third-order valence-corrected chi connectivity index (χ3v) is 2.90. The molecule has 14 heavy (non-hydrogen) atoms. The molecule has 0 saturated heterocycles. The van der Waals surface area contributed by atoms with E-state index in [-0.39, 0.29) is 0 Å². The average molecular weight is 258 g/mol. The van der Waals surface area contributed by atoms with Crippen molar-refractivity contribution in [3.05, 3.63) is 28.2 Å². The molecule has 2 nitrogen and oxygen atoms in total. The van der Waals surface area contributed by atoms with Crippen LogP contribution in [0.25, 0.3) is 0 Å². The van der Waals surface area contributed by atoms with E-state index in [9.17, 15) is 0 Å². The lowest BCUT2D eigenvalue weighted by molar-refractivity contribution is 0.414.